The minimum atomic E-state index is 0.715. The Balaban J connectivity index is 1.97. The molecule has 2 rings (SSSR count). The van der Waals surface area contributed by atoms with E-state index < -0.39 is 0 Å². The van der Waals surface area contributed by atoms with E-state index in [2.05, 4.69) is 5.32 Å². The van der Waals surface area contributed by atoms with E-state index in [0.717, 1.165) is 0 Å². The van der Waals surface area contributed by atoms with Gasteiger partial charge in [-0.1, -0.05) is 32.1 Å². The molecule has 2 aliphatic rings. The molecule has 1 aliphatic heterocycles. The van der Waals surface area contributed by atoms with Crippen LogP contribution in [0.4, 0.5) is 0 Å². The topological polar surface area (TPSA) is 12.0 Å². The third-order valence-electron chi connectivity index (χ3n) is 3.97. The first kappa shape index (κ1) is 9.51. The molecule has 1 saturated heterocycles. The highest BCUT2D eigenvalue weighted by molar-refractivity contribution is 4.85. The summed E-state index contributed by atoms with van der Waals surface area (Å²) in [4.78, 5) is 0. The molecule has 0 aromatic heterocycles. The molecule has 1 N–H and O–H groups in total. The van der Waals surface area contributed by atoms with E-state index in [1.54, 1.807) is 0 Å². The largest absolute Gasteiger partial charge is 0.316 e. The van der Waals surface area contributed by atoms with Crippen molar-refractivity contribution in [2.24, 2.45) is 5.41 Å². The van der Waals surface area contributed by atoms with Crippen molar-refractivity contribution in [2.45, 2.75) is 57.8 Å². The molecular formula is C12H23N. The summed E-state index contributed by atoms with van der Waals surface area (Å²) >= 11 is 0. The third-order valence-corrected chi connectivity index (χ3v) is 3.97. The Bertz CT molecular complexity index is 116. The van der Waals surface area contributed by atoms with E-state index in [9.17, 15) is 0 Å². The van der Waals surface area contributed by atoms with Crippen LogP contribution < -0.4 is 5.32 Å². The van der Waals surface area contributed by atoms with Crippen molar-refractivity contribution in [3.63, 3.8) is 0 Å². The first-order valence-electron chi connectivity index (χ1n) is 6.12. The number of nitrogens with one attached hydrogen (secondary N) is 1. The van der Waals surface area contributed by atoms with Crippen LogP contribution in [-0.4, -0.2) is 13.1 Å². The second-order valence-corrected chi connectivity index (χ2v) is 5.05. The van der Waals surface area contributed by atoms with Crippen molar-refractivity contribution >= 4 is 0 Å². The van der Waals surface area contributed by atoms with Gasteiger partial charge in [0.15, 0.2) is 0 Å². The highest BCUT2D eigenvalue weighted by atomic mass is 14.9. The summed E-state index contributed by atoms with van der Waals surface area (Å²) in [6.07, 6.45) is 13.3. The molecule has 1 spiro atoms. The summed E-state index contributed by atoms with van der Waals surface area (Å²) in [7, 11) is 0. The summed E-state index contributed by atoms with van der Waals surface area (Å²) in [5.41, 5.74) is 0.715. The van der Waals surface area contributed by atoms with Gasteiger partial charge in [0.25, 0.3) is 0 Å². The Morgan fingerprint density at radius 1 is 0.692 bits per heavy atom. The maximum absolute atomic E-state index is 3.64. The van der Waals surface area contributed by atoms with Gasteiger partial charge in [0, 0.05) is 6.54 Å². The van der Waals surface area contributed by atoms with Crippen LogP contribution >= 0.6 is 0 Å². The van der Waals surface area contributed by atoms with Gasteiger partial charge in [0.1, 0.15) is 0 Å². The average Bonchev–Trinajstić information content (AvgIpc) is 2.50. The fourth-order valence-electron chi connectivity index (χ4n) is 3.10. The first-order valence-corrected chi connectivity index (χ1v) is 6.12. The third kappa shape index (κ3) is 2.46. The number of hydrogen-bond donors (Lipinski definition) is 1. The van der Waals surface area contributed by atoms with Crippen molar-refractivity contribution in [1.82, 2.24) is 5.32 Å². The second-order valence-electron chi connectivity index (χ2n) is 5.05. The van der Waals surface area contributed by atoms with Crippen LogP contribution in [0, 0.1) is 5.41 Å². The van der Waals surface area contributed by atoms with Crippen LogP contribution in [0.25, 0.3) is 0 Å². The van der Waals surface area contributed by atoms with Gasteiger partial charge in [-0.3, -0.25) is 0 Å². The zero-order valence-electron chi connectivity index (χ0n) is 8.78. The molecule has 0 radical (unpaired) electrons. The smallest absolute Gasteiger partial charge is 0.000780 e. The molecule has 0 bridgehead atoms. The Morgan fingerprint density at radius 2 is 1.31 bits per heavy atom. The number of hydrogen-bond acceptors (Lipinski definition) is 1. The fraction of sp³-hybridized carbons (Fsp3) is 1.00. The molecule has 0 atom stereocenters. The highest BCUT2D eigenvalue weighted by Gasteiger charge is 2.30. The van der Waals surface area contributed by atoms with Gasteiger partial charge in [0.2, 0.25) is 0 Å². The predicted octanol–water partition coefficient (Wildman–Crippen LogP) is 3.10. The van der Waals surface area contributed by atoms with Gasteiger partial charge >= 0.3 is 0 Å². The van der Waals surface area contributed by atoms with E-state index in [0.29, 0.717) is 5.41 Å². The van der Waals surface area contributed by atoms with Crippen molar-refractivity contribution < 1.29 is 0 Å². The molecule has 0 aromatic rings. The molecule has 0 aromatic carbocycles. The molecule has 1 saturated carbocycles. The van der Waals surface area contributed by atoms with E-state index in [4.69, 9.17) is 0 Å². The van der Waals surface area contributed by atoms with Crippen LogP contribution in [0.2, 0.25) is 0 Å². The zero-order chi connectivity index (χ0) is 8.99. The fourth-order valence-corrected chi connectivity index (χ4v) is 3.10. The van der Waals surface area contributed by atoms with E-state index in [1.165, 1.54) is 70.9 Å². The van der Waals surface area contributed by atoms with Gasteiger partial charge in [-0.15, -0.1) is 0 Å². The summed E-state index contributed by atoms with van der Waals surface area (Å²) < 4.78 is 0. The molecule has 0 amide bonds. The Hall–Kier alpha value is -0.0400. The summed E-state index contributed by atoms with van der Waals surface area (Å²) in [6.45, 7) is 2.58. The molecule has 76 valence electrons. The summed E-state index contributed by atoms with van der Waals surface area (Å²) in [5.74, 6) is 0. The van der Waals surface area contributed by atoms with Crippen LogP contribution in [-0.2, 0) is 0 Å². The van der Waals surface area contributed by atoms with Gasteiger partial charge in [-0.25, -0.2) is 0 Å². The maximum Gasteiger partial charge on any atom is 0.000780 e. The van der Waals surface area contributed by atoms with Crippen molar-refractivity contribution in [3.05, 3.63) is 0 Å². The summed E-state index contributed by atoms with van der Waals surface area (Å²) in [6, 6.07) is 0. The normalized spacial score (nSPS) is 29.5. The quantitative estimate of drug-likeness (QED) is 0.605. The lowest BCUT2D eigenvalue weighted by Crippen LogP contribution is -2.32. The SMILES string of the molecule is C1CCCC2(CC1)CCCCNC2. The Kier molecular flexibility index (Phi) is 3.26. The molecule has 1 heteroatoms. The van der Waals surface area contributed by atoms with Crippen molar-refractivity contribution in [1.29, 1.82) is 0 Å². The highest BCUT2D eigenvalue weighted by Crippen LogP contribution is 2.39. The van der Waals surface area contributed by atoms with Gasteiger partial charge < -0.3 is 5.32 Å². The molecule has 1 aliphatic carbocycles. The van der Waals surface area contributed by atoms with Crippen molar-refractivity contribution in [3.8, 4) is 0 Å². The molecule has 0 unspecified atom stereocenters. The molecule has 13 heavy (non-hydrogen) atoms. The monoisotopic (exact) mass is 181 g/mol. The lowest BCUT2D eigenvalue weighted by atomic mass is 9.77. The van der Waals surface area contributed by atoms with Crippen molar-refractivity contribution in [2.75, 3.05) is 13.1 Å². The van der Waals surface area contributed by atoms with Crippen LogP contribution in [0.5, 0.6) is 0 Å². The van der Waals surface area contributed by atoms with Crippen LogP contribution in [0.1, 0.15) is 57.8 Å². The van der Waals surface area contributed by atoms with Crippen LogP contribution in [0.15, 0.2) is 0 Å². The average molecular weight is 181 g/mol. The number of rotatable bonds is 0. The minimum Gasteiger partial charge on any atom is -0.316 e. The second kappa shape index (κ2) is 4.45. The molecule has 1 nitrogen and oxygen atoms in total. The minimum absolute atomic E-state index is 0.715. The maximum atomic E-state index is 3.64. The lowest BCUT2D eigenvalue weighted by Gasteiger charge is -2.31. The van der Waals surface area contributed by atoms with Gasteiger partial charge in [0.05, 0.1) is 0 Å². The summed E-state index contributed by atoms with van der Waals surface area (Å²) in [5, 5.41) is 3.64. The molecule has 1 heterocycles. The van der Waals surface area contributed by atoms with E-state index >= 15 is 0 Å². The standard InChI is InChI=1S/C12H23N/c1-2-4-8-12(7-3-1)9-5-6-10-13-11-12/h13H,1-11H2. The zero-order valence-corrected chi connectivity index (χ0v) is 8.78. The van der Waals surface area contributed by atoms with E-state index in [1.807, 2.05) is 0 Å². The Morgan fingerprint density at radius 3 is 2.00 bits per heavy atom. The lowest BCUT2D eigenvalue weighted by molar-refractivity contribution is 0.225. The molecular weight excluding hydrogens is 158 g/mol. The Labute approximate surface area is 82.3 Å². The van der Waals surface area contributed by atoms with Crippen LogP contribution in [0.3, 0.4) is 0 Å². The predicted molar refractivity (Wildman–Crippen MR) is 56.9 cm³/mol. The van der Waals surface area contributed by atoms with Gasteiger partial charge in [-0.05, 0) is 37.6 Å². The molecule has 2 fully saturated rings. The van der Waals surface area contributed by atoms with E-state index in [-0.39, 0.29) is 0 Å². The van der Waals surface area contributed by atoms with Gasteiger partial charge in [-0.2, -0.15) is 0 Å². The first-order chi connectivity index (χ1) is 6.41.